The highest BCUT2D eigenvalue weighted by Gasteiger charge is 2.07. The van der Waals surface area contributed by atoms with Crippen molar-refractivity contribution in [2.45, 2.75) is 13.8 Å². The highest BCUT2D eigenvalue weighted by molar-refractivity contribution is 6.29. The molecule has 0 saturated carbocycles. The van der Waals surface area contributed by atoms with Crippen LogP contribution in [0.1, 0.15) is 11.1 Å². The minimum absolute atomic E-state index is 0.465. The van der Waals surface area contributed by atoms with E-state index in [0.29, 0.717) is 5.15 Å². The normalized spacial score (nSPS) is 11.1. The van der Waals surface area contributed by atoms with Crippen LogP contribution in [-0.4, -0.2) is 14.6 Å². The molecule has 18 heavy (non-hydrogen) atoms. The smallest absolute Gasteiger partial charge is 0.154 e. The molecule has 0 N–H and O–H groups in total. The van der Waals surface area contributed by atoms with Crippen LogP contribution >= 0.6 is 11.6 Å². The predicted molar refractivity (Wildman–Crippen MR) is 72.9 cm³/mol. The lowest BCUT2D eigenvalue weighted by atomic mass is 10.0. The first-order valence-corrected chi connectivity index (χ1v) is 6.11. The van der Waals surface area contributed by atoms with Gasteiger partial charge in [-0.1, -0.05) is 35.4 Å². The van der Waals surface area contributed by atoms with Crippen molar-refractivity contribution in [1.29, 1.82) is 0 Å². The summed E-state index contributed by atoms with van der Waals surface area (Å²) in [7, 11) is 0. The zero-order chi connectivity index (χ0) is 12.7. The summed E-state index contributed by atoms with van der Waals surface area (Å²) < 4.78 is 1.71. The standard InChI is InChI=1S/C14H12ClN3/c1-9-3-4-11(10(2)7-9)12-8-18-14(16-12)6-5-13(15)17-18/h3-8H,1-2H3. The summed E-state index contributed by atoms with van der Waals surface area (Å²) in [5, 5.41) is 4.65. The fourth-order valence-electron chi connectivity index (χ4n) is 2.09. The number of benzene rings is 1. The van der Waals surface area contributed by atoms with Crippen LogP contribution in [0, 0.1) is 13.8 Å². The maximum Gasteiger partial charge on any atom is 0.154 e. The Morgan fingerprint density at radius 2 is 1.94 bits per heavy atom. The largest absolute Gasteiger partial charge is 0.227 e. The van der Waals surface area contributed by atoms with E-state index in [0.717, 1.165) is 16.9 Å². The van der Waals surface area contributed by atoms with Gasteiger partial charge in [0.1, 0.15) is 5.15 Å². The zero-order valence-electron chi connectivity index (χ0n) is 10.2. The molecule has 2 heterocycles. The molecule has 0 fully saturated rings. The van der Waals surface area contributed by atoms with Crippen LogP contribution in [0.5, 0.6) is 0 Å². The van der Waals surface area contributed by atoms with Gasteiger partial charge in [0, 0.05) is 5.56 Å². The lowest BCUT2D eigenvalue weighted by Crippen LogP contribution is -1.88. The van der Waals surface area contributed by atoms with Gasteiger partial charge in [0.2, 0.25) is 0 Å². The van der Waals surface area contributed by atoms with Crippen molar-refractivity contribution in [3.63, 3.8) is 0 Å². The molecule has 4 heteroatoms. The zero-order valence-corrected chi connectivity index (χ0v) is 10.9. The van der Waals surface area contributed by atoms with Gasteiger partial charge in [0.25, 0.3) is 0 Å². The van der Waals surface area contributed by atoms with E-state index < -0.39 is 0 Å². The first-order chi connectivity index (χ1) is 8.63. The Labute approximate surface area is 110 Å². The van der Waals surface area contributed by atoms with Crippen LogP contribution in [0.2, 0.25) is 5.15 Å². The number of aromatic nitrogens is 3. The van der Waals surface area contributed by atoms with E-state index in [1.165, 1.54) is 11.1 Å². The van der Waals surface area contributed by atoms with Gasteiger partial charge in [-0.05, 0) is 31.5 Å². The molecule has 2 aromatic heterocycles. The molecular weight excluding hydrogens is 246 g/mol. The second-order valence-corrected chi connectivity index (χ2v) is 4.79. The quantitative estimate of drug-likeness (QED) is 0.666. The van der Waals surface area contributed by atoms with Crippen molar-refractivity contribution in [3.05, 3.63) is 52.8 Å². The molecular formula is C14H12ClN3. The molecule has 0 aliphatic rings. The van der Waals surface area contributed by atoms with Crippen LogP contribution < -0.4 is 0 Å². The molecule has 0 amide bonds. The summed E-state index contributed by atoms with van der Waals surface area (Å²) in [6, 6.07) is 9.94. The third-order valence-corrected chi connectivity index (χ3v) is 3.15. The van der Waals surface area contributed by atoms with Gasteiger partial charge in [0.05, 0.1) is 11.9 Å². The van der Waals surface area contributed by atoms with Gasteiger partial charge >= 0.3 is 0 Å². The minimum Gasteiger partial charge on any atom is -0.227 e. The molecule has 0 radical (unpaired) electrons. The summed E-state index contributed by atoms with van der Waals surface area (Å²) in [5.74, 6) is 0. The topological polar surface area (TPSA) is 30.2 Å². The molecule has 3 aromatic rings. The van der Waals surface area contributed by atoms with Gasteiger partial charge in [-0.25, -0.2) is 9.50 Å². The lowest BCUT2D eigenvalue weighted by Gasteiger charge is -2.02. The molecule has 0 atom stereocenters. The number of nitrogens with zero attached hydrogens (tertiary/aromatic N) is 3. The molecule has 0 aliphatic heterocycles. The number of rotatable bonds is 1. The molecule has 0 saturated heterocycles. The third-order valence-electron chi connectivity index (χ3n) is 2.95. The molecule has 0 aliphatic carbocycles. The van der Waals surface area contributed by atoms with Crippen LogP contribution in [0.3, 0.4) is 0 Å². The fourth-order valence-corrected chi connectivity index (χ4v) is 2.23. The average Bonchev–Trinajstić information content (AvgIpc) is 2.71. The van der Waals surface area contributed by atoms with Crippen molar-refractivity contribution in [2.75, 3.05) is 0 Å². The number of hydrogen-bond donors (Lipinski definition) is 0. The fraction of sp³-hybridized carbons (Fsp3) is 0.143. The third kappa shape index (κ3) is 1.87. The summed E-state index contributed by atoms with van der Waals surface area (Å²) >= 11 is 5.87. The molecule has 0 spiro atoms. The van der Waals surface area contributed by atoms with Crippen LogP contribution in [-0.2, 0) is 0 Å². The second kappa shape index (κ2) is 4.10. The van der Waals surface area contributed by atoms with E-state index in [2.05, 4.69) is 42.1 Å². The van der Waals surface area contributed by atoms with E-state index in [4.69, 9.17) is 11.6 Å². The molecule has 1 aromatic carbocycles. The molecule has 3 nitrogen and oxygen atoms in total. The molecule has 90 valence electrons. The number of fused-ring (bicyclic) bond motifs is 1. The van der Waals surface area contributed by atoms with E-state index in [9.17, 15) is 0 Å². The van der Waals surface area contributed by atoms with E-state index in [-0.39, 0.29) is 0 Å². The van der Waals surface area contributed by atoms with Gasteiger partial charge in [-0.15, -0.1) is 0 Å². The predicted octanol–water partition coefficient (Wildman–Crippen LogP) is 3.67. The van der Waals surface area contributed by atoms with Gasteiger partial charge in [-0.2, -0.15) is 5.10 Å². The monoisotopic (exact) mass is 257 g/mol. The number of halogens is 1. The Bertz CT molecular complexity index is 731. The second-order valence-electron chi connectivity index (χ2n) is 4.40. The van der Waals surface area contributed by atoms with E-state index >= 15 is 0 Å². The van der Waals surface area contributed by atoms with Crippen molar-refractivity contribution in [2.24, 2.45) is 0 Å². The van der Waals surface area contributed by atoms with Crippen molar-refractivity contribution >= 4 is 17.2 Å². The highest BCUT2D eigenvalue weighted by Crippen LogP contribution is 2.23. The van der Waals surface area contributed by atoms with Crippen molar-refractivity contribution in [1.82, 2.24) is 14.6 Å². The van der Waals surface area contributed by atoms with Crippen molar-refractivity contribution in [3.8, 4) is 11.3 Å². The van der Waals surface area contributed by atoms with E-state index in [1.807, 2.05) is 12.3 Å². The number of aryl methyl sites for hydroxylation is 2. The van der Waals surface area contributed by atoms with Gasteiger partial charge < -0.3 is 0 Å². The Morgan fingerprint density at radius 1 is 1.11 bits per heavy atom. The molecule has 0 unspecified atom stereocenters. The number of hydrogen-bond acceptors (Lipinski definition) is 2. The maximum atomic E-state index is 5.87. The van der Waals surface area contributed by atoms with Crippen molar-refractivity contribution < 1.29 is 0 Å². The Hall–Kier alpha value is -1.87. The maximum absolute atomic E-state index is 5.87. The van der Waals surface area contributed by atoms with Crippen LogP contribution in [0.4, 0.5) is 0 Å². The molecule has 0 bridgehead atoms. The molecule has 3 rings (SSSR count). The minimum atomic E-state index is 0.465. The first kappa shape index (κ1) is 11.2. The Morgan fingerprint density at radius 3 is 2.72 bits per heavy atom. The summed E-state index contributed by atoms with van der Waals surface area (Å²) in [6.45, 7) is 4.18. The Balaban J connectivity index is 2.19. The van der Waals surface area contributed by atoms with Crippen LogP contribution in [0.25, 0.3) is 16.9 Å². The summed E-state index contributed by atoms with van der Waals surface area (Å²) in [6.07, 6.45) is 1.90. The van der Waals surface area contributed by atoms with Gasteiger partial charge in [0.15, 0.2) is 5.65 Å². The van der Waals surface area contributed by atoms with E-state index in [1.54, 1.807) is 10.6 Å². The SMILES string of the molecule is Cc1ccc(-c2cn3nc(Cl)ccc3n2)c(C)c1. The summed E-state index contributed by atoms with van der Waals surface area (Å²) in [4.78, 5) is 4.56. The highest BCUT2D eigenvalue weighted by atomic mass is 35.5. The van der Waals surface area contributed by atoms with Gasteiger partial charge in [-0.3, -0.25) is 0 Å². The Kier molecular flexibility index (Phi) is 2.56. The average molecular weight is 258 g/mol. The van der Waals surface area contributed by atoms with Crippen LogP contribution in [0.15, 0.2) is 36.5 Å². The lowest BCUT2D eigenvalue weighted by molar-refractivity contribution is 0.937. The summed E-state index contributed by atoms with van der Waals surface area (Å²) in [5.41, 5.74) is 5.31. The number of imidazole rings is 1. The first-order valence-electron chi connectivity index (χ1n) is 5.73.